The van der Waals surface area contributed by atoms with Gasteiger partial charge >= 0.3 is 0 Å². The third kappa shape index (κ3) is 3.66. The van der Waals surface area contributed by atoms with Crippen LogP contribution in [0.15, 0.2) is 46.3 Å². The minimum atomic E-state index is -3.61. The molecule has 0 aliphatic carbocycles. The third-order valence-corrected chi connectivity index (χ3v) is 8.21. The van der Waals surface area contributed by atoms with E-state index in [4.69, 9.17) is 11.6 Å². The number of carbonyl (C=O) groups excluding carboxylic acids is 1. The molecule has 1 amide bonds. The molecule has 8 heteroatoms. The molecule has 2 aliphatic heterocycles. The number of benzene rings is 2. The molecule has 1 N–H and O–H groups in total. The van der Waals surface area contributed by atoms with Crippen molar-refractivity contribution in [3.63, 3.8) is 0 Å². The Balaban J connectivity index is 1.57. The summed E-state index contributed by atoms with van der Waals surface area (Å²) in [6.07, 6.45) is 0.859. The van der Waals surface area contributed by atoms with E-state index >= 15 is 0 Å². The van der Waals surface area contributed by atoms with Gasteiger partial charge < -0.3 is 5.32 Å². The van der Waals surface area contributed by atoms with Gasteiger partial charge in [-0.1, -0.05) is 41.4 Å². The summed E-state index contributed by atoms with van der Waals surface area (Å²) in [5.41, 5.74) is 2.87. The van der Waals surface area contributed by atoms with Gasteiger partial charge in [0.1, 0.15) is 11.4 Å². The van der Waals surface area contributed by atoms with E-state index in [1.807, 2.05) is 32.9 Å². The first-order chi connectivity index (χ1) is 14.1. The Bertz CT molecular complexity index is 1130. The topological polar surface area (TPSA) is 78.8 Å². The normalized spacial score (nSPS) is 19.1. The van der Waals surface area contributed by atoms with Crippen LogP contribution in [0.4, 0.5) is 0 Å². The fourth-order valence-electron chi connectivity index (χ4n) is 4.40. The van der Waals surface area contributed by atoms with Gasteiger partial charge in [0.25, 0.3) is 5.91 Å². The summed E-state index contributed by atoms with van der Waals surface area (Å²) in [5, 5.41) is 3.57. The van der Waals surface area contributed by atoms with Gasteiger partial charge in [0.2, 0.25) is 10.0 Å². The lowest BCUT2D eigenvalue weighted by Gasteiger charge is -2.36. The van der Waals surface area contributed by atoms with Crippen LogP contribution in [0, 0.1) is 20.8 Å². The van der Waals surface area contributed by atoms with Crippen LogP contribution in [-0.2, 0) is 14.8 Å². The predicted octanol–water partition coefficient (Wildman–Crippen LogP) is 3.37. The van der Waals surface area contributed by atoms with Gasteiger partial charge in [-0.3, -0.25) is 9.79 Å². The van der Waals surface area contributed by atoms with Gasteiger partial charge in [0.05, 0.1) is 4.90 Å². The smallest absolute Gasteiger partial charge is 0.272 e. The second kappa shape index (κ2) is 7.48. The highest BCUT2D eigenvalue weighted by molar-refractivity contribution is 7.89. The van der Waals surface area contributed by atoms with Crippen LogP contribution < -0.4 is 5.32 Å². The van der Waals surface area contributed by atoms with E-state index in [1.54, 1.807) is 24.3 Å². The average Bonchev–Trinajstić information content (AvgIpc) is 2.97. The van der Waals surface area contributed by atoms with Crippen molar-refractivity contribution in [2.24, 2.45) is 4.99 Å². The molecule has 1 saturated heterocycles. The fourth-order valence-corrected chi connectivity index (χ4v) is 6.38. The van der Waals surface area contributed by atoms with E-state index in [1.165, 1.54) is 4.31 Å². The van der Waals surface area contributed by atoms with E-state index in [2.05, 4.69) is 10.3 Å². The number of hydrogen-bond acceptors (Lipinski definition) is 4. The molecule has 1 fully saturated rings. The van der Waals surface area contributed by atoms with Crippen LogP contribution in [0.25, 0.3) is 0 Å². The third-order valence-electron chi connectivity index (χ3n) is 5.76. The Labute approximate surface area is 182 Å². The molecule has 0 radical (unpaired) electrons. The predicted molar refractivity (Wildman–Crippen MR) is 118 cm³/mol. The van der Waals surface area contributed by atoms with Crippen molar-refractivity contribution in [3.05, 3.63) is 63.7 Å². The first kappa shape index (κ1) is 21.0. The maximum atomic E-state index is 13.3. The summed E-state index contributed by atoms with van der Waals surface area (Å²) < 4.78 is 28.1. The number of carbonyl (C=O) groups is 1. The average molecular weight is 446 g/mol. The van der Waals surface area contributed by atoms with E-state index in [-0.39, 0.29) is 5.91 Å². The number of sulfonamides is 1. The molecule has 0 saturated carbocycles. The largest absolute Gasteiger partial charge is 0.326 e. The minimum absolute atomic E-state index is 0.237. The molecule has 0 atom stereocenters. The number of amides is 1. The van der Waals surface area contributed by atoms with Gasteiger partial charge in [0.15, 0.2) is 0 Å². The van der Waals surface area contributed by atoms with Gasteiger partial charge in [-0.25, -0.2) is 8.42 Å². The standard InChI is InChI=1S/C22H24ClN3O3S/c1-14-12-15(2)20(16(3)13-14)30(28,29)26-10-8-22(9-11-26)24-19(21(27)25-22)17-4-6-18(23)7-5-17/h4-7,12-13H,8-11H2,1-3H3,(H,25,27). The highest BCUT2D eigenvalue weighted by Crippen LogP contribution is 2.33. The van der Waals surface area contributed by atoms with Crippen LogP contribution in [0.1, 0.15) is 35.1 Å². The summed E-state index contributed by atoms with van der Waals surface area (Å²) in [6, 6.07) is 10.8. The monoisotopic (exact) mass is 445 g/mol. The Kier molecular flexibility index (Phi) is 5.24. The Morgan fingerprint density at radius 1 is 1.03 bits per heavy atom. The molecule has 0 unspecified atom stereocenters. The van der Waals surface area contributed by atoms with Crippen LogP contribution in [0.2, 0.25) is 5.02 Å². The summed E-state index contributed by atoms with van der Waals surface area (Å²) in [5.74, 6) is -0.237. The SMILES string of the molecule is Cc1cc(C)c(S(=O)(=O)N2CCC3(CC2)N=C(c2ccc(Cl)cc2)C(=O)N3)c(C)c1. The highest BCUT2D eigenvalue weighted by atomic mass is 35.5. The molecule has 0 aromatic heterocycles. The van der Waals surface area contributed by atoms with Crippen molar-refractivity contribution in [2.75, 3.05) is 13.1 Å². The van der Waals surface area contributed by atoms with E-state index in [0.29, 0.717) is 47.1 Å². The van der Waals surface area contributed by atoms with Crippen molar-refractivity contribution in [1.29, 1.82) is 0 Å². The number of nitrogens with zero attached hydrogens (tertiary/aromatic N) is 2. The number of halogens is 1. The van der Waals surface area contributed by atoms with Crippen LogP contribution >= 0.6 is 11.6 Å². The molecule has 4 rings (SSSR count). The summed E-state index contributed by atoms with van der Waals surface area (Å²) in [4.78, 5) is 17.6. The molecule has 2 heterocycles. The molecule has 0 bridgehead atoms. The second-order valence-corrected chi connectivity index (χ2v) is 10.4. The quantitative estimate of drug-likeness (QED) is 0.786. The van der Waals surface area contributed by atoms with E-state index in [0.717, 1.165) is 16.7 Å². The number of hydrogen-bond donors (Lipinski definition) is 1. The molecule has 2 aliphatic rings. The fraction of sp³-hybridized carbons (Fsp3) is 0.364. The van der Waals surface area contributed by atoms with Crippen molar-refractivity contribution in [1.82, 2.24) is 9.62 Å². The van der Waals surface area contributed by atoms with Crippen LogP contribution in [0.3, 0.4) is 0 Å². The lowest BCUT2D eigenvalue weighted by atomic mass is 10.00. The first-order valence-electron chi connectivity index (χ1n) is 9.88. The number of piperidine rings is 1. The second-order valence-electron chi connectivity index (χ2n) is 8.08. The molecule has 30 heavy (non-hydrogen) atoms. The Hall–Kier alpha value is -2.22. The first-order valence-corrected chi connectivity index (χ1v) is 11.7. The Morgan fingerprint density at radius 3 is 2.17 bits per heavy atom. The maximum absolute atomic E-state index is 13.3. The molecule has 1 spiro atoms. The van der Waals surface area contributed by atoms with Gasteiger partial charge in [-0.2, -0.15) is 4.31 Å². The lowest BCUT2D eigenvalue weighted by molar-refractivity contribution is -0.115. The van der Waals surface area contributed by atoms with Crippen molar-refractivity contribution in [2.45, 2.75) is 44.2 Å². The van der Waals surface area contributed by atoms with Crippen molar-refractivity contribution in [3.8, 4) is 0 Å². The highest BCUT2D eigenvalue weighted by Gasteiger charge is 2.44. The van der Waals surface area contributed by atoms with Gasteiger partial charge in [-0.05, 0) is 44.0 Å². The zero-order valence-corrected chi connectivity index (χ0v) is 18.8. The summed E-state index contributed by atoms with van der Waals surface area (Å²) in [6.45, 7) is 6.22. The molecular weight excluding hydrogens is 422 g/mol. The maximum Gasteiger partial charge on any atom is 0.272 e. The van der Waals surface area contributed by atoms with Crippen molar-refractivity contribution >= 4 is 33.2 Å². The van der Waals surface area contributed by atoms with Gasteiger partial charge in [0, 0.05) is 36.5 Å². The van der Waals surface area contributed by atoms with Crippen LogP contribution in [0.5, 0.6) is 0 Å². The zero-order valence-electron chi connectivity index (χ0n) is 17.2. The Morgan fingerprint density at radius 2 is 1.60 bits per heavy atom. The molecule has 6 nitrogen and oxygen atoms in total. The van der Waals surface area contributed by atoms with E-state index < -0.39 is 15.7 Å². The number of rotatable bonds is 3. The van der Waals surface area contributed by atoms with Gasteiger partial charge in [-0.15, -0.1) is 0 Å². The number of nitrogens with one attached hydrogen (secondary N) is 1. The number of aliphatic imine (C=N–C) groups is 1. The molecular formula is C22H24ClN3O3S. The summed E-state index contributed by atoms with van der Waals surface area (Å²) >= 11 is 5.93. The van der Waals surface area contributed by atoms with Crippen LogP contribution in [-0.4, -0.2) is 43.1 Å². The van der Waals surface area contributed by atoms with Crippen molar-refractivity contribution < 1.29 is 13.2 Å². The molecule has 158 valence electrons. The summed E-state index contributed by atoms with van der Waals surface area (Å²) in [7, 11) is -3.61. The zero-order chi connectivity index (χ0) is 21.7. The molecule has 2 aromatic rings. The number of aryl methyl sites for hydroxylation is 3. The minimum Gasteiger partial charge on any atom is -0.326 e. The lowest BCUT2D eigenvalue weighted by Crippen LogP contribution is -2.52. The van der Waals surface area contributed by atoms with E-state index in [9.17, 15) is 13.2 Å². The molecule has 2 aromatic carbocycles.